The molecule has 1 aliphatic rings. The van der Waals surface area contributed by atoms with Gasteiger partial charge in [0, 0.05) is 43.7 Å². The minimum atomic E-state index is -0.0680. The van der Waals surface area contributed by atoms with Crippen LogP contribution in [-0.2, 0) is 0 Å². The van der Waals surface area contributed by atoms with E-state index in [1.807, 2.05) is 12.1 Å². The Hall–Kier alpha value is -7.56. The summed E-state index contributed by atoms with van der Waals surface area (Å²) < 4.78 is 11.1. The zero-order valence-corrected chi connectivity index (χ0v) is 30.9. The molecule has 1 atom stereocenters. The first-order valence-electron chi connectivity index (χ1n) is 19.5. The van der Waals surface area contributed by atoms with Crippen LogP contribution in [0.1, 0.15) is 11.7 Å². The van der Waals surface area contributed by atoms with Crippen molar-refractivity contribution >= 4 is 71.2 Å². The second-order valence-corrected chi connectivity index (χ2v) is 15.0. The molecule has 0 bridgehead atoms. The molecule has 268 valence electrons. The Morgan fingerprint density at radius 2 is 1.07 bits per heavy atom. The predicted octanol–water partition coefficient (Wildman–Crippen LogP) is 13.8. The average Bonchev–Trinajstić information content (AvgIpc) is 3.93. The molecule has 1 N–H and O–H groups in total. The fourth-order valence-electron chi connectivity index (χ4n) is 9.17. The van der Waals surface area contributed by atoms with Crippen LogP contribution in [0.4, 0.5) is 0 Å². The van der Waals surface area contributed by atoms with Gasteiger partial charge in [-0.1, -0.05) is 133 Å². The zero-order chi connectivity index (χ0) is 37.5. The molecule has 0 amide bonds. The molecule has 8 aromatic carbocycles. The molecule has 0 aliphatic carbocycles. The van der Waals surface area contributed by atoms with Gasteiger partial charge < -0.3 is 18.9 Å². The fourth-order valence-corrected chi connectivity index (χ4v) is 9.17. The van der Waals surface area contributed by atoms with Gasteiger partial charge in [-0.3, -0.25) is 0 Å². The maximum Gasteiger partial charge on any atom is 0.135 e. The van der Waals surface area contributed by atoms with Crippen molar-refractivity contribution in [3.05, 3.63) is 206 Å². The van der Waals surface area contributed by atoms with Gasteiger partial charge in [-0.15, -0.1) is 0 Å². The van der Waals surface area contributed by atoms with Gasteiger partial charge in [-0.25, -0.2) is 0 Å². The van der Waals surface area contributed by atoms with Gasteiger partial charge in [-0.05, 0) is 94.6 Å². The highest BCUT2D eigenvalue weighted by Gasteiger charge is 2.22. The largest absolute Gasteiger partial charge is 0.456 e. The van der Waals surface area contributed by atoms with Crippen molar-refractivity contribution < 1.29 is 4.42 Å². The van der Waals surface area contributed by atoms with E-state index < -0.39 is 0 Å². The van der Waals surface area contributed by atoms with E-state index >= 15 is 0 Å². The van der Waals surface area contributed by atoms with Crippen molar-refractivity contribution in [3.63, 3.8) is 0 Å². The van der Waals surface area contributed by atoms with Crippen LogP contribution < -0.4 is 5.32 Å². The molecular formula is C53H35N3O. The zero-order valence-electron chi connectivity index (χ0n) is 30.9. The topological polar surface area (TPSA) is 35.0 Å². The second-order valence-electron chi connectivity index (χ2n) is 15.0. The molecule has 0 fully saturated rings. The molecule has 0 saturated carbocycles. The van der Waals surface area contributed by atoms with Gasteiger partial charge in [0.25, 0.3) is 0 Å². The number of furan rings is 1. The third-order valence-electron chi connectivity index (χ3n) is 11.8. The summed E-state index contributed by atoms with van der Waals surface area (Å²) in [5.74, 6) is 0. The van der Waals surface area contributed by atoms with Gasteiger partial charge in [0.1, 0.15) is 17.3 Å². The minimum Gasteiger partial charge on any atom is -0.456 e. The van der Waals surface area contributed by atoms with E-state index in [2.05, 4.69) is 203 Å². The Labute approximate surface area is 328 Å². The van der Waals surface area contributed by atoms with Crippen molar-refractivity contribution in [2.24, 2.45) is 0 Å². The molecule has 11 aromatic rings. The number of fused-ring (bicyclic) bond motifs is 9. The molecule has 1 unspecified atom stereocenters. The molecule has 3 aromatic heterocycles. The Bertz CT molecular complexity index is 3430. The molecule has 12 rings (SSSR count). The van der Waals surface area contributed by atoms with Crippen molar-refractivity contribution in [1.29, 1.82) is 0 Å². The number of benzene rings is 8. The summed E-state index contributed by atoms with van der Waals surface area (Å²) in [7, 11) is 0. The molecule has 0 spiro atoms. The number of dihydropyridines is 1. The van der Waals surface area contributed by atoms with Crippen LogP contribution in [-0.4, -0.2) is 9.13 Å². The van der Waals surface area contributed by atoms with Gasteiger partial charge in [-0.2, -0.15) is 0 Å². The first-order chi connectivity index (χ1) is 28.3. The number of rotatable bonds is 5. The lowest BCUT2D eigenvalue weighted by atomic mass is 9.92. The van der Waals surface area contributed by atoms with Gasteiger partial charge in [0.15, 0.2) is 0 Å². The van der Waals surface area contributed by atoms with Crippen molar-refractivity contribution in [1.82, 2.24) is 14.5 Å². The highest BCUT2D eigenvalue weighted by molar-refractivity contribution is 6.14. The van der Waals surface area contributed by atoms with Crippen LogP contribution in [0.3, 0.4) is 0 Å². The quantitative estimate of drug-likeness (QED) is 0.191. The van der Waals surface area contributed by atoms with E-state index in [9.17, 15) is 0 Å². The first kappa shape index (κ1) is 31.8. The molecule has 57 heavy (non-hydrogen) atoms. The van der Waals surface area contributed by atoms with E-state index in [1.54, 1.807) is 0 Å². The van der Waals surface area contributed by atoms with Gasteiger partial charge >= 0.3 is 0 Å². The van der Waals surface area contributed by atoms with Crippen LogP contribution >= 0.6 is 0 Å². The summed E-state index contributed by atoms with van der Waals surface area (Å²) >= 11 is 0. The summed E-state index contributed by atoms with van der Waals surface area (Å²) in [6.45, 7) is 0. The summed E-state index contributed by atoms with van der Waals surface area (Å²) in [4.78, 5) is 0. The van der Waals surface area contributed by atoms with E-state index in [1.165, 1.54) is 65.9 Å². The number of aromatic nitrogens is 2. The van der Waals surface area contributed by atoms with Crippen molar-refractivity contribution in [2.45, 2.75) is 6.17 Å². The van der Waals surface area contributed by atoms with E-state index in [0.29, 0.717) is 0 Å². The van der Waals surface area contributed by atoms with Gasteiger partial charge in [0.2, 0.25) is 0 Å². The van der Waals surface area contributed by atoms with Crippen molar-refractivity contribution in [2.75, 3.05) is 0 Å². The highest BCUT2D eigenvalue weighted by atomic mass is 16.3. The van der Waals surface area contributed by atoms with E-state index in [4.69, 9.17) is 4.42 Å². The minimum absolute atomic E-state index is 0.0680. The number of para-hydroxylation sites is 3. The molecule has 1 aliphatic heterocycles. The molecule has 0 saturated heterocycles. The Morgan fingerprint density at radius 3 is 1.89 bits per heavy atom. The Morgan fingerprint density at radius 1 is 0.421 bits per heavy atom. The maximum atomic E-state index is 6.24. The maximum absolute atomic E-state index is 6.24. The van der Waals surface area contributed by atoms with E-state index in [-0.39, 0.29) is 6.17 Å². The fraction of sp³-hybridized carbons (Fsp3) is 0.0189. The van der Waals surface area contributed by atoms with Crippen LogP contribution in [0.5, 0.6) is 0 Å². The molecular weight excluding hydrogens is 695 g/mol. The lowest BCUT2D eigenvalue weighted by Crippen LogP contribution is -2.25. The summed E-state index contributed by atoms with van der Waals surface area (Å²) in [5.41, 5.74) is 14.7. The lowest BCUT2D eigenvalue weighted by Gasteiger charge is -2.25. The Kier molecular flexibility index (Phi) is 6.96. The molecule has 0 radical (unpaired) electrons. The first-order valence-corrected chi connectivity index (χ1v) is 19.5. The predicted molar refractivity (Wildman–Crippen MR) is 238 cm³/mol. The van der Waals surface area contributed by atoms with E-state index in [0.717, 1.165) is 38.8 Å². The number of allylic oxidation sites excluding steroid dienone is 2. The van der Waals surface area contributed by atoms with Crippen LogP contribution in [0.15, 0.2) is 205 Å². The van der Waals surface area contributed by atoms with Crippen LogP contribution in [0.25, 0.3) is 99.2 Å². The monoisotopic (exact) mass is 729 g/mol. The number of nitrogens with one attached hydrogen (secondary N) is 1. The lowest BCUT2D eigenvalue weighted by molar-refractivity contribution is 0.589. The van der Waals surface area contributed by atoms with Crippen LogP contribution in [0, 0.1) is 0 Å². The third-order valence-corrected chi connectivity index (χ3v) is 11.8. The summed E-state index contributed by atoms with van der Waals surface area (Å²) in [5, 5.41) is 11.0. The third kappa shape index (κ3) is 4.94. The molecule has 4 heteroatoms. The average molecular weight is 730 g/mol. The van der Waals surface area contributed by atoms with Crippen LogP contribution in [0.2, 0.25) is 0 Å². The standard InChI is InChI=1S/C53H35N3O/c1-3-14-34(15-4-1)43-33-50-44(39-19-8-10-22-47(39)55(50)37-27-29-52-45(31-37)41-20-9-12-24-51(41)57-52)32-42(43)36-26-28-40-38-18-7-11-23-48(38)56(49(40)30-36)53-25-13-21-46(54-53)35-16-5-2-6-17-35/h1-33,53-54H. The number of nitrogens with zero attached hydrogens (tertiary/aromatic N) is 2. The summed E-state index contributed by atoms with van der Waals surface area (Å²) in [6.07, 6.45) is 6.53. The second kappa shape index (κ2) is 12.5. The molecule has 4 heterocycles. The SMILES string of the molecule is C1=CC(n2c3ccccc3c3ccc(-c4cc5c6ccccc6n(-c6ccc7oc8ccccc8c7c6)c5cc4-c4ccccc4)cc32)NC(c2ccccc2)=C1. The van der Waals surface area contributed by atoms with Gasteiger partial charge in [0.05, 0.1) is 22.1 Å². The summed E-state index contributed by atoms with van der Waals surface area (Å²) in [6, 6.07) is 65.7. The highest BCUT2D eigenvalue weighted by Crippen LogP contribution is 2.43. The molecule has 4 nitrogen and oxygen atoms in total. The normalized spacial score (nSPS) is 14.3. The van der Waals surface area contributed by atoms with Crippen molar-refractivity contribution in [3.8, 4) is 27.9 Å². The number of hydrogen-bond acceptors (Lipinski definition) is 2. The smallest absolute Gasteiger partial charge is 0.135 e. The number of hydrogen-bond donors (Lipinski definition) is 1. The Balaban J connectivity index is 1.09.